The number of phosphoric ester groups is 1. The van der Waals surface area contributed by atoms with Gasteiger partial charge in [-0.1, -0.05) is 193 Å². The number of quaternary nitrogens is 1. The van der Waals surface area contributed by atoms with Crippen molar-refractivity contribution in [2.75, 3.05) is 54.1 Å². The summed E-state index contributed by atoms with van der Waals surface area (Å²) in [5.41, 5.74) is 0. The number of carbonyl (C=O) groups is 1. The summed E-state index contributed by atoms with van der Waals surface area (Å²) in [5, 5.41) is 0. The Balaban J connectivity index is 4.27. The summed E-state index contributed by atoms with van der Waals surface area (Å²) in [4.78, 5) is 23.0. The molecule has 0 saturated carbocycles. The van der Waals surface area contributed by atoms with E-state index in [2.05, 4.69) is 123 Å². The fourth-order valence-corrected chi connectivity index (χ4v) is 6.96. The topological polar surface area (TPSA) is 91.3 Å². The summed E-state index contributed by atoms with van der Waals surface area (Å²) in [6, 6.07) is 0. The lowest BCUT2D eigenvalue weighted by molar-refractivity contribution is -0.870. The van der Waals surface area contributed by atoms with Gasteiger partial charge < -0.3 is 18.9 Å². The van der Waals surface area contributed by atoms with Crippen LogP contribution in [0, 0.1) is 0 Å². The van der Waals surface area contributed by atoms with Crippen LogP contribution in [0.15, 0.2) is 122 Å². The maximum absolute atomic E-state index is 12.7. The first kappa shape index (κ1) is 61.9. The van der Waals surface area contributed by atoms with Crippen LogP contribution < -0.4 is 0 Å². The quantitative estimate of drug-likeness (QED) is 0.0214. The Morgan fingerprint density at radius 3 is 1.26 bits per heavy atom. The van der Waals surface area contributed by atoms with Crippen LogP contribution >= 0.6 is 7.82 Å². The maximum Gasteiger partial charge on any atom is 0.472 e. The Bertz CT molecular complexity index is 1450. The highest BCUT2D eigenvalue weighted by molar-refractivity contribution is 7.47. The van der Waals surface area contributed by atoms with Crippen molar-refractivity contribution in [1.29, 1.82) is 0 Å². The molecular formula is C56H95NO7P+. The Kier molecular flexibility index (Phi) is 45.1. The highest BCUT2D eigenvalue weighted by Gasteiger charge is 2.26. The summed E-state index contributed by atoms with van der Waals surface area (Å²) in [6.07, 6.45) is 68.4. The van der Waals surface area contributed by atoms with Gasteiger partial charge in [0, 0.05) is 13.0 Å². The molecule has 9 heteroatoms. The highest BCUT2D eigenvalue weighted by Crippen LogP contribution is 2.43. The molecular weight excluding hydrogens is 830 g/mol. The summed E-state index contributed by atoms with van der Waals surface area (Å²) in [5.74, 6) is -0.401. The molecule has 0 heterocycles. The lowest BCUT2D eigenvalue weighted by Gasteiger charge is -2.24. The number of carbonyl (C=O) groups excluding carboxylic acids is 1. The van der Waals surface area contributed by atoms with Crippen LogP contribution in [0.1, 0.15) is 168 Å². The van der Waals surface area contributed by atoms with Gasteiger partial charge in [0.2, 0.25) is 0 Å². The van der Waals surface area contributed by atoms with Gasteiger partial charge >= 0.3 is 13.8 Å². The molecule has 0 aromatic rings. The van der Waals surface area contributed by atoms with Crippen LogP contribution in [0.4, 0.5) is 0 Å². The fourth-order valence-electron chi connectivity index (χ4n) is 6.22. The van der Waals surface area contributed by atoms with Crippen molar-refractivity contribution in [3.05, 3.63) is 122 Å². The van der Waals surface area contributed by atoms with Crippen LogP contribution in [0.2, 0.25) is 0 Å². The van der Waals surface area contributed by atoms with Gasteiger partial charge in [0.1, 0.15) is 19.3 Å². The first-order chi connectivity index (χ1) is 31.6. The number of nitrogens with zero attached hydrogens (tertiary/aromatic N) is 1. The van der Waals surface area contributed by atoms with Crippen molar-refractivity contribution >= 4 is 13.8 Å². The third-order valence-corrected chi connectivity index (χ3v) is 11.0. The molecule has 0 amide bonds. The van der Waals surface area contributed by atoms with Crippen molar-refractivity contribution < 1.29 is 37.3 Å². The molecule has 8 nitrogen and oxygen atoms in total. The average molecular weight is 925 g/mol. The molecule has 1 N–H and O–H groups in total. The van der Waals surface area contributed by atoms with Crippen LogP contribution in [-0.2, 0) is 27.9 Å². The number of hydrogen-bond donors (Lipinski definition) is 1. The number of rotatable bonds is 45. The van der Waals surface area contributed by atoms with Gasteiger partial charge in [-0.2, -0.15) is 0 Å². The number of allylic oxidation sites excluding steroid dienone is 20. The first-order valence-corrected chi connectivity index (χ1v) is 26.8. The standard InChI is InChI=1S/C56H94NO7P/c1-6-8-10-12-14-16-18-20-22-24-26-27-28-29-30-32-34-36-38-40-42-44-46-48-51-61-53-55(54-63-65(59,60)62-52-50-57(3,4)5)64-56(58)49-47-45-43-41-39-37-35-33-31-25-23-21-19-17-15-13-11-9-7-2/h8-11,14-17,20-23,26-27,31,33,37,39,43,45,55H,6-7,12-13,18-19,24-25,28-30,32,34-36,38,40-42,44,46-54H2,1-5H3/p+1/b10-8-,11-9-,16-14-,17-15-,22-20-,23-21-,27-26-,33-31-,39-37-,45-43-. The molecule has 2 atom stereocenters. The van der Waals surface area contributed by atoms with Gasteiger partial charge in [0.15, 0.2) is 0 Å². The van der Waals surface area contributed by atoms with Crippen LogP contribution in [0.25, 0.3) is 0 Å². The molecule has 0 aromatic carbocycles. The van der Waals surface area contributed by atoms with Crippen LogP contribution in [0.5, 0.6) is 0 Å². The van der Waals surface area contributed by atoms with Gasteiger partial charge in [0.05, 0.1) is 34.4 Å². The molecule has 0 saturated heterocycles. The van der Waals surface area contributed by atoms with E-state index in [4.69, 9.17) is 18.5 Å². The lowest BCUT2D eigenvalue weighted by Crippen LogP contribution is -2.37. The van der Waals surface area contributed by atoms with Crippen molar-refractivity contribution in [2.24, 2.45) is 0 Å². The van der Waals surface area contributed by atoms with Crippen LogP contribution in [0.3, 0.4) is 0 Å². The molecule has 0 aliphatic carbocycles. The summed E-state index contributed by atoms with van der Waals surface area (Å²) >= 11 is 0. The molecule has 0 radical (unpaired) electrons. The molecule has 0 bridgehead atoms. The molecule has 2 unspecified atom stereocenters. The van der Waals surface area contributed by atoms with Crippen molar-refractivity contribution in [2.45, 2.75) is 174 Å². The van der Waals surface area contributed by atoms with Gasteiger partial charge in [0.25, 0.3) is 0 Å². The monoisotopic (exact) mass is 925 g/mol. The third kappa shape index (κ3) is 51.7. The Labute approximate surface area is 399 Å². The second-order valence-corrected chi connectivity index (χ2v) is 18.9. The number of esters is 1. The molecule has 370 valence electrons. The number of likely N-dealkylation sites (N-methyl/N-ethyl adjacent to an activating group) is 1. The molecule has 0 aromatic heterocycles. The molecule has 65 heavy (non-hydrogen) atoms. The summed E-state index contributed by atoms with van der Waals surface area (Å²) in [7, 11) is 1.60. The minimum atomic E-state index is -4.31. The van der Waals surface area contributed by atoms with Crippen molar-refractivity contribution in [3.8, 4) is 0 Å². The molecule has 0 fully saturated rings. The van der Waals surface area contributed by atoms with Crippen molar-refractivity contribution in [1.82, 2.24) is 0 Å². The Hall–Kier alpha value is -3.10. The zero-order valence-electron chi connectivity index (χ0n) is 41.9. The predicted molar refractivity (Wildman–Crippen MR) is 279 cm³/mol. The second kappa shape index (κ2) is 47.4. The van der Waals surface area contributed by atoms with E-state index in [-0.39, 0.29) is 26.2 Å². The maximum atomic E-state index is 12.7. The van der Waals surface area contributed by atoms with E-state index in [0.29, 0.717) is 24.1 Å². The van der Waals surface area contributed by atoms with E-state index >= 15 is 0 Å². The normalized spacial score (nSPS) is 14.6. The minimum absolute atomic E-state index is 0.0674. The average Bonchev–Trinajstić information content (AvgIpc) is 3.27. The number of ether oxygens (including phenoxy) is 2. The molecule has 0 rings (SSSR count). The lowest BCUT2D eigenvalue weighted by atomic mass is 10.1. The Morgan fingerprint density at radius 1 is 0.477 bits per heavy atom. The Morgan fingerprint density at radius 2 is 0.846 bits per heavy atom. The third-order valence-electron chi connectivity index (χ3n) is 10.0. The fraction of sp³-hybridized carbons (Fsp3) is 0.625. The zero-order chi connectivity index (χ0) is 47.6. The first-order valence-electron chi connectivity index (χ1n) is 25.3. The SMILES string of the molecule is CC/C=C\C/C=C\C/C=C\C/C=C\C/C=C\C/C=C\CCC(=O)OC(COCCCCCCCCCCCCC/C=C\C/C=C\C/C=C\C/C=C\CC)COP(=O)(O)OCC[N+](C)(C)C. The van der Waals surface area contributed by atoms with Gasteiger partial charge in [-0.15, -0.1) is 0 Å². The smallest absolute Gasteiger partial charge is 0.457 e. The van der Waals surface area contributed by atoms with E-state index in [0.717, 1.165) is 77.0 Å². The highest BCUT2D eigenvalue weighted by atomic mass is 31.2. The molecule has 0 aliphatic rings. The molecule has 0 spiro atoms. The van der Waals surface area contributed by atoms with Crippen molar-refractivity contribution in [3.63, 3.8) is 0 Å². The van der Waals surface area contributed by atoms with E-state index in [1.54, 1.807) is 0 Å². The zero-order valence-corrected chi connectivity index (χ0v) is 42.8. The summed E-state index contributed by atoms with van der Waals surface area (Å²) < 4.78 is 35.0. The van der Waals surface area contributed by atoms with Crippen LogP contribution in [-0.4, -0.2) is 75.6 Å². The number of phosphoric acid groups is 1. The number of unbranched alkanes of at least 4 members (excludes halogenated alkanes) is 11. The second-order valence-electron chi connectivity index (χ2n) is 17.4. The summed E-state index contributed by atoms with van der Waals surface area (Å²) in [6.45, 7) is 5.26. The van der Waals surface area contributed by atoms with Gasteiger partial charge in [-0.3, -0.25) is 13.8 Å². The van der Waals surface area contributed by atoms with Gasteiger partial charge in [-0.05, 0) is 89.9 Å². The van der Waals surface area contributed by atoms with Gasteiger partial charge in [-0.25, -0.2) is 4.57 Å². The minimum Gasteiger partial charge on any atom is -0.457 e. The molecule has 0 aliphatic heterocycles. The largest absolute Gasteiger partial charge is 0.472 e. The van der Waals surface area contributed by atoms with E-state index in [1.807, 2.05) is 33.3 Å². The number of hydrogen-bond acceptors (Lipinski definition) is 6. The van der Waals surface area contributed by atoms with E-state index < -0.39 is 19.9 Å². The van der Waals surface area contributed by atoms with E-state index in [1.165, 1.54) is 64.2 Å². The van der Waals surface area contributed by atoms with E-state index in [9.17, 15) is 14.3 Å². The predicted octanol–water partition coefficient (Wildman–Crippen LogP) is 15.7.